The second kappa shape index (κ2) is 11.0. The Bertz CT molecular complexity index is 892. The zero-order chi connectivity index (χ0) is 21.3. The fourth-order valence-corrected chi connectivity index (χ4v) is 3.51. The molecule has 0 saturated heterocycles. The predicted molar refractivity (Wildman–Crippen MR) is 116 cm³/mol. The summed E-state index contributed by atoms with van der Waals surface area (Å²) in [5.41, 5.74) is 2.58. The van der Waals surface area contributed by atoms with E-state index in [2.05, 4.69) is 15.6 Å². The zero-order valence-electron chi connectivity index (χ0n) is 17.3. The molecular weight excluding hydrogens is 409 g/mol. The van der Waals surface area contributed by atoms with Crippen LogP contribution in [0, 0.1) is 5.82 Å². The van der Waals surface area contributed by atoms with Gasteiger partial charge in [-0.05, 0) is 55.2 Å². The van der Waals surface area contributed by atoms with Gasteiger partial charge in [0.05, 0.1) is 13.7 Å². The highest BCUT2D eigenvalue weighted by molar-refractivity contribution is 6.31. The second-order valence-electron chi connectivity index (χ2n) is 6.81. The SMILES string of the molecule is CCNC(=NCCc1ccc(OC)cc1Cl)NCCc1cc(F)cc2c1OCOC2. The van der Waals surface area contributed by atoms with Crippen LogP contribution in [0.1, 0.15) is 23.6 Å². The molecule has 0 aliphatic carbocycles. The summed E-state index contributed by atoms with van der Waals surface area (Å²) in [4.78, 5) is 4.61. The summed E-state index contributed by atoms with van der Waals surface area (Å²) in [6.45, 7) is 4.48. The van der Waals surface area contributed by atoms with E-state index >= 15 is 0 Å². The minimum Gasteiger partial charge on any atom is -0.497 e. The molecule has 0 atom stereocenters. The molecule has 0 aromatic heterocycles. The Hall–Kier alpha value is -2.51. The molecule has 0 unspecified atom stereocenters. The van der Waals surface area contributed by atoms with Crippen LogP contribution in [0.4, 0.5) is 4.39 Å². The number of rotatable bonds is 8. The van der Waals surface area contributed by atoms with E-state index in [1.165, 1.54) is 12.1 Å². The van der Waals surface area contributed by atoms with Crippen molar-refractivity contribution in [1.29, 1.82) is 0 Å². The average Bonchev–Trinajstić information content (AvgIpc) is 2.74. The molecule has 3 rings (SSSR count). The molecule has 1 heterocycles. The first kappa shape index (κ1) is 22.2. The number of aliphatic imine (C=N–C) groups is 1. The maximum Gasteiger partial charge on any atom is 0.191 e. The number of guanidine groups is 1. The van der Waals surface area contributed by atoms with E-state index in [9.17, 15) is 4.39 Å². The lowest BCUT2D eigenvalue weighted by molar-refractivity contribution is -0.0172. The third-order valence-corrected chi connectivity index (χ3v) is 5.05. The molecule has 1 aliphatic heterocycles. The molecule has 6 nitrogen and oxygen atoms in total. The number of nitrogens with zero attached hydrogens (tertiary/aromatic N) is 1. The minimum atomic E-state index is -0.283. The van der Waals surface area contributed by atoms with Crippen molar-refractivity contribution in [2.24, 2.45) is 4.99 Å². The van der Waals surface area contributed by atoms with Crippen LogP contribution >= 0.6 is 11.6 Å². The maximum atomic E-state index is 13.9. The molecule has 162 valence electrons. The van der Waals surface area contributed by atoms with Crippen molar-refractivity contribution in [3.8, 4) is 11.5 Å². The smallest absolute Gasteiger partial charge is 0.191 e. The first-order valence-electron chi connectivity index (χ1n) is 9.97. The Labute approximate surface area is 181 Å². The highest BCUT2D eigenvalue weighted by Crippen LogP contribution is 2.29. The van der Waals surface area contributed by atoms with Gasteiger partial charge in [-0.1, -0.05) is 17.7 Å². The quantitative estimate of drug-likeness (QED) is 0.489. The van der Waals surface area contributed by atoms with Gasteiger partial charge in [0.25, 0.3) is 0 Å². The third kappa shape index (κ3) is 6.00. The molecule has 0 saturated carbocycles. The number of hydrogen-bond donors (Lipinski definition) is 2. The Balaban J connectivity index is 1.56. The van der Waals surface area contributed by atoms with Crippen LogP contribution in [0.5, 0.6) is 11.5 Å². The zero-order valence-corrected chi connectivity index (χ0v) is 18.0. The van der Waals surface area contributed by atoms with Crippen LogP contribution in [-0.4, -0.2) is 39.5 Å². The summed E-state index contributed by atoms with van der Waals surface area (Å²) in [5, 5.41) is 7.18. The Morgan fingerprint density at radius 1 is 1.20 bits per heavy atom. The van der Waals surface area contributed by atoms with Crippen LogP contribution in [0.2, 0.25) is 5.02 Å². The van der Waals surface area contributed by atoms with E-state index in [1.54, 1.807) is 13.2 Å². The normalized spacial score (nSPS) is 13.4. The number of fused-ring (bicyclic) bond motifs is 1. The first-order valence-corrected chi connectivity index (χ1v) is 10.3. The van der Waals surface area contributed by atoms with Crippen molar-refractivity contribution in [3.05, 3.63) is 57.9 Å². The number of ether oxygens (including phenoxy) is 3. The molecule has 0 fully saturated rings. The van der Waals surface area contributed by atoms with Crippen LogP contribution in [0.3, 0.4) is 0 Å². The maximum absolute atomic E-state index is 13.9. The third-order valence-electron chi connectivity index (χ3n) is 4.69. The number of hydrogen-bond acceptors (Lipinski definition) is 4. The lowest BCUT2D eigenvalue weighted by Crippen LogP contribution is -2.38. The van der Waals surface area contributed by atoms with Crippen molar-refractivity contribution in [1.82, 2.24) is 10.6 Å². The second-order valence-corrected chi connectivity index (χ2v) is 7.22. The van der Waals surface area contributed by atoms with E-state index in [1.807, 2.05) is 19.1 Å². The number of nitrogens with one attached hydrogen (secondary N) is 2. The van der Waals surface area contributed by atoms with Crippen LogP contribution < -0.4 is 20.1 Å². The molecule has 0 amide bonds. The highest BCUT2D eigenvalue weighted by atomic mass is 35.5. The van der Waals surface area contributed by atoms with E-state index in [0.717, 1.165) is 34.7 Å². The minimum absolute atomic E-state index is 0.192. The summed E-state index contributed by atoms with van der Waals surface area (Å²) >= 11 is 6.30. The largest absolute Gasteiger partial charge is 0.497 e. The van der Waals surface area contributed by atoms with Crippen molar-refractivity contribution in [2.75, 3.05) is 33.5 Å². The Morgan fingerprint density at radius 2 is 2.07 bits per heavy atom. The van der Waals surface area contributed by atoms with Crippen LogP contribution in [0.15, 0.2) is 35.3 Å². The van der Waals surface area contributed by atoms with Gasteiger partial charge in [-0.2, -0.15) is 0 Å². The first-order chi connectivity index (χ1) is 14.6. The van der Waals surface area contributed by atoms with Gasteiger partial charge in [0.1, 0.15) is 17.3 Å². The van der Waals surface area contributed by atoms with Gasteiger partial charge in [0.2, 0.25) is 0 Å². The van der Waals surface area contributed by atoms with E-state index in [-0.39, 0.29) is 12.6 Å². The van der Waals surface area contributed by atoms with E-state index in [4.69, 9.17) is 25.8 Å². The summed E-state index contributed by atoms with van der Waals surface area (Å²) in [6, 6.07) is 8.62. The van der Waals surface area contributed by atoms with Gasteiger partial charge in [-0.3, -0.25) is 4.99 Å². The Kier molecular flexibility index (Phi) is 8.16. The predicted octanol–water partition coefficient (Wildman–Crippen LogP) is 3.69. The van der Waals surface area contributed by atoms with Crippen LogP contribution in [0.25, 0.3) is 0 Å². The van der Waals surface area contributed by atoms with Gasteiger partial charge >= 0.3 is 0 Å². The van der Waals surface area contributed by atoms with Gasteiger partial charge in [-0.25, -0.2) is 4.39 Å². The summed E-state index contributed by atoms with van der Waals surface area (Å²) < 4.78 is 29.9. The molecule has 0 spiro atoms. The average molecular weight is 436 g/mol. The molecule has 2 aromatic carbocycles. The topological polar surface area (TPSA) is 64.1 Å². The summed E-state index contributed by atoms with van der Waals surface area (Å²) in [5.74, 6) is 1.88. The molecule has 30 heavy (non-hydrogen) atoms. The van der Waals surface area contributed by atoms with E-state index < -0.39 is 0 Å². The van der Waals surface area contributed by atoms with Gasteiger partial charge in [0.15, 0.2) is 12.8 Å². The molecule has 0 bridgehead atoms. The van der Waals surface area contributed by atoms with E-state index in [0.29, 0.717) is 43.5 Å². The standard InChI is InChI=1S/C22H27ClFN3O3/c1-3-25-22(26-8-6-15-4-5-19(28-2)12-20(15)23)27-9-7-16-10-18(24)11-17-13-29-14-30-21(16)17/h4-5,10-12H,3,6-9,13-14H2,1-2H3,(H2,25,26,27). The van der Waals surface area contributed by atoms with Crippen molar-refractivity contribution < 1.29 is 18.6 Å². The van der Waals surface area contributed by atoms with Crippen LogP contribution in [-0.2, 0) is 24.2 Å². The fourth-order valence-electron chi connectivity index (χ4n) is 3.25. The van der Waals surface area contributed by atoms with Gasteiger partial charge in [0, 0.05) is 30.2 Å². The van der Waals surface area contributed by atoms with Gasteiger partial charge < -0.3 is 24.8 Å². The van der Waals surface area contributed by atoms with Crippen molar-refractivity contribution in [3.63, 3.8) is 0 Å². The van der Waals surface area contributed by atoms with Crippen molar-refractivity contribution in [2.45, 2.75) is 26.4 Å². The summed E-state index contributed by atoms with van der Waals surface area (Å²) in [7, 11) is 1.61. The molecule has 0 radical (unpaired) electrons. The monoisotopic (exact) mass is 435 g/mol. The highest BCUT2D eigenvalue weighted by Gasteiger charge is 2.16. The molecular formula is C22H27ClFN3O3. The lowest BCUT2D eigenvalue weighted by atomic mass is 10.1. The number of benzene rings is 2. The summed E-state index contributed by atoms with van der Waals surface area (Å²) in [6.07, 6.45) is 1.32. The van der Waals surface area contributed by atoms with Crippen molar-refractivity contribution >= 4 is 17.6 Å². The molecule has 2 aromatic rings. The number of halogens is 2. The molecule has 8 heteroatoms. The Morgan fingerprint density at radius 3 is 2.83 bits per heavy atom. The molecule has 2 N–H and O–H groups in total. The molecule has 1 aliphatic rings. The van der Waals surface area contributed by atoms with Gasteiger partial charge in [-0.15, -0.1) is 0 Å². The lowest BCUT2D eigenvalue weighted by Gasteiger charge is -2.21. The number of methoxy groups -OCH3 is 1. The fraction of sp³-hybridized carbons (Fsp3) is 0.409.